The van der Waals surface area contributed by atoms with Gasteiger partial charge in [0.15, 0.2) is 9.84 Å². The third-order valence-electron chi connectivity index (χ3n) is 3.71. The van der Waals surface area contributed by atoms with Gasteiger partial charge in [-0.15, -0.1) is 0 Å². The molecule has 17 heavy (non-hydrogen) atoms. The zero-order chi connectivity index (χ0) is 12.0. The van der Waals surface area contributed by atoms with E-state index in [1.807, 2.05) is 24.3 Å². The monoisotopic (exact) mass is 253 g/mol. The van der Waals surface area contributed by atoms with Crippen molar-refractivity contribution in [2.75, 3.05) is 24.3 Å². The summed E-state index contributed by atoms with van der Waals surface area (Å²) in [5, 5.41) is -0.158. The fourth-order valence-electron chi connectivity index (χ4n) is 2.79. The summed E-state index contributed by atoms with van der Waals surface area (Å²) in [5.41, 5.74) is 1.09. The van der Waals surface area contributed by atoms with Crippen molar-refractivity contribution in [3.63, 3.8) is 0 Å². The maximum absolute atomic E-state index is 11.7. The number of sulfone groups is 1. The Morgan fingerprint density at radius 1 is 1.29 bits per heavy atom. The Morgan fingerprint density at radius 3 is 2.47 bits per heavy atom. The van der Waals surface area contributed by atoms with Crippen molar-refractivity contribution in [2.45, 2.75) is 17.7 Å². The van der Waals surface area contributed by atoms with Crippen LogP contribution in [-0.4, -0.2) is 39.1 Å². The lowest BCUT2D eigenvalue weighted by atomic mass is 10.2. The number of nitrogens with zero attached hydrogens (tertiary/aromatic N) is 1. The molecule has 0 amide bonds. The SMILES string of the molecule is COc1ccc(N2CC3CC2CS3(=O)=O)cc1. The van der Waals surface area contributed by atoms with Crippen LogP contribution in [0.15, 0.2) is 24.3 Å². The Balaban J connectivity index is 1.84. The minimum atomic E-state index is -2.81. The smallest absolute Gasteiger partial charge is 0.156 e. The van der Waals surface area contributed by atoms with Gasteiger partial charge < -0.3 is 9.64 Å². The van der Waals surface area contributed by atoms with Gasteiger partial charge in [0.1, 0.15) is 5.75 Å². The van der Waals surface area contributed by atoms with Gasteiger partial charge in [-0.1, -0.05) is 0 Å². The van der Waals surface area contributed by atoms with Crippen molar-refractivity contribution in [2.24, 2.45) is 0 Å². The minimum Gasteiger partial charge on any atom is -0.497 e. The van der Waals surface area contributed by atoms with Gasteiger partial charge in [-0.3, -0.25) is 0 Å². The highest BCUT2D eigenvalue weighted by molar-refractivity contribution is 7.92. The molecule has 2 fully saturated rings. The number of hydrogen-bond acceptors (Lipinski definition) is 4. The highest BCUT2D eigenvalue weighted by Crippen LogP contribution is 2.36. The molecule has 2 atom stereocenters. The summed E-state index contributed by atoms with van der Waals surface area (Å²) in [6.07, 6.45) is 0.786. The normalized spacial score (nSPS) is 29.6. The molecule has 0 radical (unpaired) electrons. The van der Waals surface area contributed by atoms with E-state index in [9.17, 15) is 8.42 Å². The van der Waals surface area contributed by atoms with Crippen molar-refractivity contribution in [3.05, 3.63) is 24.3 Å². The molecular formula is C12H15NO3S. The molecule has 0 spiro atoms. The van der Waals surface area contributed by atoms with E-state index in [1.165, 1.54) is 0 Å². The molecule has 1 aromatic carbocycles. The molecule has 92 valence electrons. The lowest BCUT2D eigenvalue weighted by Crippen LogP contribution is -2.40. The van der Waals surface area contributed by atoms with Crippen LogP contribution in [0.25, 0.3) is 0 Å². The molecule has 4 nitrogen and oxygen atoms in total. The fourth-order valence-corrected chi connectivity index (χ4v) is 4.81. The second kappa shape index (κ2) is 3.63. The zero-order valence-corrected chi connectivity index (χ0v) is 10.5. The first-order valence-electron chi connectivity index (χ1n) is 5.72. The summed E-state index contributed by atoms with van der Waals surface area (Å²) >= 11 is 0. The van der Waals surface area contributed by atoms with Crippen molar-refractivity contribution in [3.8, 4) is 5.75 Å². The third-order valence-corrected chi connectivity index (χ3v) is 5.92. The van der Waals surface area contributed by atoms with Crippen LogP contribution in [0, 0.1) is 0 Å². The molecule has 5 heteroatoms. The van der Waals surface area contributed by atoms with Gasteiger partial charge in [0.05, 0.1) is 18.1 Å². The lowest BCUT2D eigenvalue weighted by molar-refractivity contribution is 0.415. The van der Waals surface area contributed by atoms with Crippen LogP contribution in [0.1, 0.15) is 6.42 Å². The predicted molar refractivity (Wildman–Crippen MR) is 66.3 cm³/mol. The summed E-state index contributed by atoms with van der Waals surface area (Å²) < 4.78 is 28.4. The summed E-state index contributed by atoms with van der Waals surface area (Å²) in [7, 11) is -1.17. The van der Waals surface area contributed by atoms with Crippen LogP contribution in [0.5, 0.6) is 5.75 Å². The van der Waals surface area contributed by atoms with Gasteiger partial charge >= 0.3 is 0 Å². The summed E-state index contributed by atoms with van der Waals surface area (Å²) in [6, 6.07) is 7.97. The largest absolute Gasteiger partial charge is 0.497 e. The fraction of sp³-hybridized carbons (Fsp3) is 0.500. The standard InChI is InChI=1S/C12H15NO3S/c1-16-11-4-2-9(3-5-11)13-7-12-6-10(13)8-17(12,14)15/h2-5,10,12H,6-8H2,1H3. The van der Waals surface area contributed by atoms with Crippen LogP contribution in [-0.2, 0) is 9.84 Å². The second-order valence-corrected chi connectivity index (χ2v) is 7.02. The number of anilines is 1. The van der Waals surface area contributed by atoms with Crippen LogP contribution >= 0.6 is 0 Å². The molecule has 2 heterocycles. The number of ether oxygens (including phenoxy) is 1. The molecule has 0 N–H and O–H groups in total. The Morgan fingerprint density at radius 2 is 2.00 bits per heavy atom. The van der Waals surface area contributed by atoms with Crippen molar-refractivity contribution < 1.29 is 13.2 Å². The summed E-state index contributed by atoms with van der Waals surface area (Å²) in [6.45, 7) is 0.638. The Kier molecular flexibility index (Phi) is 2.33. The van der Waals surface area contributed by atoms with Crippen LogP contribution < -0.4 is 9.64 Å². The van der Waals surface area contributed by atoms with E-state index in [0.29, 0.717) is 12.3 Å². The van der Waals surface area contributed by atoms with Gasteiger partial charge in [0.25, 0.3) is 0 Å². The van der Waals surface area contributed by atoms with E-state index in [1.54, 1.807) is 7.11 Å². The molecule has 0 aliphatic carbocycles. The predicted octanol–water partition coefficient (Wildman–Crippen LogP) is 1.07. The first-order chi connectivity index (χ1) is 8.10. The maximum atomic E-state index is 11.7. The van der Waals surface area contributed by atoms with Crippen LogP contribution in [0.4, 0.5) is 5.69 Å². The Hall–Kier alpha value is -1.23. The van der Waals surface area contributed by atoms with E-state index >= 15 is 0 Å². The highest BCUT2D eigenvalue weighted by Gasteiger charge is 2.48. The Labute approximate surface area is 101 Å². The van der Waals surface area contributed by atoms with Gasteiger partial charge in [-0.2, -0.15) is 0 Å². The van der Waals surface area contributed by atoms with Crippen LogP contribution in [0.3, 0.4) is 0 Å². The topological polar surface area (TPSA) is 46.6 Å². The quantitative estimate of drug-likeness (QED) is 0.791. The molecule has 2 unspecified atom stereocenters. The van der Waals surface area contributed by atoms with E-state index < -0.39 is 9.84 Å². The van der Waals surface area contributed by atoms with Gasteiger partial charge in [0.2, 0.25) is 0 Å². The number of rotatable bonds is 2. The maximum Gasteiger partial charge on any atom is 0.156 e. The Bertz CT molecular complexity index is 523. The van der Waals surface area contributed by atoms with Crippen molar-refractivity contribution in [1.29, 1.82) is 0 Å². The summed E-state index contributed by atoms with van der Waals surface area (Å²) in [4.78, 5) is 2.20. The first kappa shape index (κ1) is 10.9. The van der Waals surface area contributed by atoms with Gasteiger partial charge in [0, 0.05) is 18.3 Å². The summed E-state index contributed by atoms with van der Waals surface area (Å²) in [5.74, 6) is 1.13. The molecule has 3 rings (SSSR count). The minimum absolute atomic E-state index is 0.158. The first-order valence-corrected chi connectivity index (χ1v) is 7.44. The van der Waals surface area contributed by atoms with Crippen molar-refractivity contribution in [1.82, 2.24) is 0 Å². The number of hydrogen-bond donors (Lipinski definition) is 0. The highest BCUT2D eigenvalue weighted by atomic mass is 32.2. The number of methoxy groups -OCH3 is 1. The van der Waals surface area contributed by atoms with E-state index in [-0.39, 0.29) is 11.3 Å². The van der Waals surface area contributed by atoms with Gasteiger partial charge in [-0.25, -0.2) is 8.42 Å². The molecule has 0 saturated carbocycles. The molecule has 2 saturated heterocycles. The lowest BCUT2D eigenvalue weighted by Gasteiger charge is -2.29. The molecule has 2 aliphatic heterocycles. The van der Waals surface area contributed by atoms with E-state index in [2.05, 4.69) is 4.90 Å². The second-order valence-electron chi connectivity index (χ2n) is 4.69. The third kappa shape index (κ3) is 1.69. The van der Waals surface area contributed by atoms with Crippen molar-refractivity contribution >= 4 is 15.5 Å². The number of benzene rings is 1. The number of fused-ring (bicyclic) bond motifs is 2. The molecular weight excluding hydrogens is 238 g/mol. The van der Waals surface area contributed by atoms with E-state index in [0.717, 1.165) is 17.9 Å². The molecule has 2 bridgehead atoms. The molecule has 2 aliphatic rings. The molecule has 1 aromatic rings. The molecule has 0 aromatic heterocycles. The van der Waals surface area contributed by atoms with Gasteiger partial charge in [-0.05, 0) is 30.7 Å². The zero-order valence-electron chi connectivity index (χ0n) is 9.67. The average Bonchev–Trinajstić information content (AvgIpc) is 2.84. The average molecular weight is 253 g/mol. The van der Waals surface area contributed by atoms with Crippen LogP contribution in [0.2, 0.25) is 0 Å². The van der Waals surface area contributed by atoms with E-state index in [4.69, 9.17) is 4.74 Å².